The molecule has 1 amide bonds. The molecule has 0 heterocycles. The van der Waals surface area contributed by atoms with Crippen LogP contribution in [0.1, 0.15) is 45.4 Å². The van der Waals surface area contributed by atoms with Gasteiger partial charge < -0.3 is 15.8 Å². The Bertz CT molecular complexity index is 297. The fourth-order valence-electron chi connectivity index (χ4n) is 2.37. The fourth-order valence-corrected chi connectivity index (χ4v) is 2.37. The maximum absolute atomic E-state index is 12.0. The van der Waals surface area contributed by atoms with Crippen LogP contribution in [0.4, 0.5) is 0 Å². The standard InChI is InChI=1S/C13H24N2O3/c1-10(9-14)11(16)15-13(12(17)18-2)7-5-3-4-6-8-13/h10H,3-9,14H2,1-2H3,(H,15,16). The third-order valence-corrected chi connectivity index (χ3v) is 3.70. The molecule has 0 aromatic rings. The molecule has 1 fully saturated rings. The van der Waals surface area contributed by atoms with E-state index in [9.17, 15) is 9.59 Å². The third-order valence-electron chi connectivity index (χ3n) is 3.70. The smallest absolute Gasteiger partial charge is 0.331 e. The van der Waals surface area contributed by atoms with E-state index in [-0.39, 0.29) is 24.3 Å². The molecular weight excluding hydrogens is 232 g/mol. The second-order valence-electron chi connectivity index (χ2n) is 5.11. The second kappa shape index (κ2) is 6.73. The zero-order valence-corrected chi connectivity index (χ0v) is 11.3. The van der Waals surface area contributed by atoms with Gasteiger partial charge in [-0.3, -0.25) is 4.79 Å². The van der Waals surface area contributed by atoms with Crippen LogP contribution in [-0.4, -0.2) is 31.1 Å². The molecule has 0 spiro atoms. The summed E-state index contributed by atoms with van der Waals surface area (Å²) in [5, 5.41) is 2.88. The predicted molar refractivity (Wildman–Crippen MR) is 68.8 cm³/mol. The maximum atomic E-state index is 12.0. The van der Waals surface area contributed by atoms with Crippen LogP contribution in [0, 0.1) is 5.92 Å². The van der Waals surface area contributed by atoms with Gasteiger partial charge in [0.05, 0.1) is 7.11 Å². The molecule has 0 aliphatic heterocycles. The molecule has 1 unspecified atom stereocenters. The highest BCUT2D eigenvalue weighted by Gasteiger charge is 2.41. The largest absolute Gasteiger partial charge is 0.467 e. The Hall–Kier alpha value is -1.10. The lowest BCUT2D eigenvalue weighted by molar-refractivity contribution is -0.152. The van der Waals surface area contributed by atoms with Gasteiger partial charge in [-0.15, -0.1) is 0 Å². The number of carbonyl (C=O) groups is 2. The number of methoxy groups -OCH3 is 1. The van der Waals surface area contributed by atoms with E-state index in [2.05, 4.69) is 5.32 Å². The lowest BCUT2D eigenvalue weighted by Gasteiger charge is -2.31. The highest BCUT2D eigenvalue weighted by molar-refractivity contribution is 5.89. The number of ether oxygens (including phenoxy) is 1. The first-order valence-electron chi connectivity index (χ1n) is 6.66. The summed E-state index contributed by atoms with van der Waals surface area (Å²) in [6, 6.07) is 0. The van der Waals surface area contributed by atoms with Crippen LogP contribution >= 0.6 is 0 Å². The summed E-state index contributed by atoms with van der Waals surface area (Å²) in [6.45, 7) is 2.04. The second-order valence-corrected chi connectivity index (χ2v) is 5.11. The lowest BCUT2D eigenvalue weighted by Crippen LogP contribution is -2.56. The summed E-state index contributed by atoms with van der Waals surface area (Å²) in [4.78, 5) is 24.0. The van der Waals surface area contributed by atoms with E-state index in [1.807, 2.05) is 0 Å². The number of nitrogens with one attached hydrogen (secondary N) is 1. The van der Waals surface area contributed by atoms with Crippen LogP contribution in [0.5, 0.6) is 0 Å². The summed E-state index contributed by atoms with van der Waals surface area (Å²) in [6.07, 6.45) is 5.38. The number of carbonyl (C=O) groups excluding carboxylic acids is 2. The van der Waals surface area contributed by atoms with Crippen LogP contribution in [0.3, 0.4) is 0 Å². The summed E-state index contributed by atoms with van der Waals surface area (Å²) in [5.41, 5.74) is 4.64. The Kier molecular flexibility index (Phi) is 5.59. The van der Waals surface area contributed by atoms with Gasteiger partial charge in [-0.1, -0.05) is 32.6 Å². The number of rotatable bonds is 4. The Morgan fingerprint density at radius 2 is 1.83 bits per heavy atom. The quantitative estimate of drug-likeness (QED) is 0.580. The maximum Gasteiger partial charge on any atom is 0.331 e. The first kappa shape index (κ1) is 15.0. The first-order chi connectivity index (χ1) is 8.55. The first-order valence-corrected chi connectivity index (χ1v) is 6.66. The van der Waals surface area contributed by atoms with Crippen LogP contribution in [0.25, 0.3) is 0 Å². The average molecular weight is 256 g/mol. The van der Waals surface area contributed by atoms with Gasteiger partial charge in [-0.2, -0.15) is 0 Å². The van der Waals surface area contributed by atoms with E-state index in [0.717, 1.165) is 25.7 Å². The lowest BCUT2D eigenvalue weighted by atomic mass is 9.89. The van der Waals surface area contributed by atoms with Crippen molar-refractivity contribution in [1.82, 2.24) is 5.32 Å². The van der Waals surface area contributed by atoms with Crippen molar-refractivity contribution < 1.29 is 14.3 Å². The Labute approximate surface area is 108 Å². The summed E-state index contributed by atoms with van der Waals surface area (Å²) in [5.74, 6) is -0.776. The van der Waals surface area contributed by atoms with Crippen LogP contribution in [0.15, 0.2) is 0 Å². The Morgan fingerprint density at radius 1 is 1.28 bits per heavy atom. The minimum atomic E-state index is -0.842. The zero-order chi connectivity index (χ0) is 13.6. The van der Waals surface area contributed by atoms with E-state index in [1.165, 1.54) is 7.11 Å². The number of hydrogen-bond donors (Lipinski definition) is 2. The Balaban J connectivity index is 2.83. The van der Waals surface area contributed by atoms with Crippen molar-refractivity contribution in [3.8, 4) is 0 Å². The summed E-state index contributed by atoms with van der Waals surface area (Å²) in [7, 11) is 1.37. The van der Waals surface area contributed by atoms with Crippen molar-refractivity contribution >= 4 is 11.9 Å². The van der Waals surface area contributed by atoms with Crippen molar-refractivity contribution in [2.75, 3.05) is 13.7 Å². The number of nitrogens with two attached hydrogens (primary N) is 1. The number of hydrogen-bond acceptors (Lipinski definition) is 4. The fraction of sp³-hybridized carbons (Fsp3) is 0.846. The Morgan fingerprint density at radius 3 is 2.28 bits per heavy atom. The normalized spacial score (nSPS) is 20.6. The molecule has 0 aromatic heterocycles. The molecule has 0 bridgehead atoms. The minimum absolute atomic E-state index is 0.162. The van der Waals surface area contributed by atoms with Gasteiger partial charge in [-0.05, 0) is 12.8 Å². The van der Waals surface area contributed by atoms with Crippen LogP contribution in [-0.2, 0) is 14.3 Å². The van der Waals surface area contributed by atoms with Gasteiger partial charge in [0, 0.05) is 12.5 Å². The topological polar surface area (TPSA) is 81.4 Å². The molecule has 0 aromatic carbocycles. The SMILES string of the molecule is COC(=O)C1(NC(=O)C(C)CN)CCCCCC1. The van der Waals surface area contributed by atoms with Gasteiger partial charge in [0.25, 0.3) is 0 Å². The highest BCUT2D eigenvalue weighted by Crippen LogP contribution is 2.28. The molecule has 3 N–H and O–H groups in total. The minimum Gasteiger partial charge on any atom is -0.467 e. The van der Waals surface area contributed by atoms with Crippen LogP contribution < -0.4 is 11.1 Å². The molecule has 1 aliphatic carbocycles. The van der Waals surface area contributed by atoms with Crippen molar-refractivity contribution in [1.29, 1.82) is 0 Å². The predicted octanol–water partition coefficient (Wildman–Crippen LogP) is 0.963. The van der Waals surface area contributed by atoms with Crippen molar-refractivity contribution in [3.05, 3.63) is 0 Å². The van der Waals surface area contributed by atoms with Gasteiger partial charge in [0.15, 0.2) is 0 Å². The molecule has 1 aliphatic rings. The summed E-state index contributed by atoms with van der Waals surface area (Å²) >= 11 is 0. The third kappa shape index (κ3) is 3.45. The van der Waals surface area contributed by atoms with Gasteiger partial charge in [0.1, 0.15) is 5.54 Å². The van der Waals surface area contributed by atoms with E-state index < -0.39 is 5.54 Å². The molecule has 0 saturated heterocycles. The van der Waals surface area contributed by atoms with Crippen molar-refractivity contribution in [2.24, 2.45) is 11.7 Å². The van der Waals surface area contributed by atoms with Crippen LogP contribution in [0.2, 0.25) is 0 Å². The molecule has 104 valence electrons. The highest BCUT2D eigenvalue weighted by atomic mass is 16.5. The van der Waals surface area contributed by atoms with E-state index in [1.54, 1.807) is 6.92 Å². The van der Waals surface area contributed by atoms with Gasteiger partial charge >= 0.3 is 5.97 Å². The average Bonchev–Trinajstić information content (AvgIpc) is 2.63. The van der Waals surface area contributed by atoms with Gasteiger partial charge in [-0.25, -0.2) is 4.79 Å². The van der Waals surface area contributed by atoms with E-state index >= 15 is 0 Å². The van der Waals surface area contributed by atoms with Crippen molar-refractivity contribution in [3.63, 3.8) is 0 Å². The molecule has 1 atom stereocenters. The molecule has 1 rings (SSSR count). The molecule has 5 nitrogen and oxygen atoms in total. The zero-order valence-electron chi connectivity index (χ0n) is 11.3. The summed E-state index contributed by atoms with van der Waals surface area (Å²) < 4.78 is 4.88. The molecule has 5 heteroatoms. The van der Waals surface area contributed by atoms with Gasteiger partial charge in [0.2, 0.25) is 5.91 Å². The molecular formula is C13H24N2O3. The number of amides is 1. The van der Waals surface area contributed by atoms with Crippen molar-refractivity contribution in [2.45, 2.75) is 51.0 Å². The molecule has 1 saturated carbocycles. The molecule has 0 radical (unpaired) electrons. The van der Waals surface area contributed by atoms with E-state index in [0.29, 0.717) is 12.8 Å². The number of esters is 1. The van der Waals surface area contributed by atoms with E-state index in [4.69, 9.17) is 10.5 Å². The monoisotopic (exact) mass is 256 g/mol. The molecule has 18 heavy (non-hydrogen) atoms.